The molecule has 1 aliphatic heterocycles. The molecule has 0 atom stereocenters. The van der Waals surface area contributed by atoms with Gasteiger partial charge in [0.1, 0.15) is 5.82 Å². The fraction of sp³-hybridized carbons (Fsp3) is 0.786. The van der Waals surface area contributed by atoms with Gasteiger partial charge in [-0.15, -0.1) is 0 Å². The quantitative estimate of drug-likeness (QED) is 0.924. The van der Waals surface area contributed by atoms with E-state index in [4.69, 9.17) is 0 Å². The van der Waals surface area contributed by atoms with Crippen LogP contribution in [-0.2, 0) is 4.79 Å². The first-order chi connectivity index (χ1) is 9.70. The minimum absolute atomic E-state index is 0.250. The summed E-state index contributed by atoms with van der Waals surface area (Å²) in [5.41, 5.74) is 0. The Bertz CT molecular complexity index is 463. The lowest BCUT2D eigenvalue weighted by atomic mass is 9.91. The van der Waals surface area contributed by atoms with E-state index < -0.39 is 0 Å². The monoisotopic (exact) mass is 294 g/mol. The number of hydrogen-bond donors (Lipinski definition) is 1. The maximum atomic E-state index is 11.9. The van der Waals surface area contributed by atoms with Crippen molar-refractivity contribution in [3.05, 3.63) is 5.82 Å². The van der Waals surface area contributed by atoms with Crippen molar-refractivity contribution in [3.8, 4) is 0 Å². The van der Waals surface area contributed by atoms with Crippen LogP contribution in [0.5, 0.6) is 0 Å². The molecular formula is C14H22N4OS. The molecule has 2 fully saturated rings. The molecule has 1 saturated carbocycles. The largest absolute Gasteiger partial charge is 0.353 e. The van der Waals surface area contributed by atoms with Crippen LogP contribution in [0.15, 0.2) is 0 Å². The number of aryl methyl sites for hydroxylation is 1. The average molecular weight is 294 g/mol. The number of anilines is 1. The summed E-state index contributed by atoms with van der Waals surface area (Å²) in [6.45, 7) is 3.92. The van der Waals surface area contributed by atoms with E-state index in [0.29, 0.717) is 18.4 Å². The van der Waals surface area contributed by atoms with Gasteiger partial charge in [0.2, 0.25) is 11.0 Å². The topological polar surface area (TPSA) is 58.1 Å². The Balaban J connectivity index is 1.42. The molecule has 0 unspecified atom stereocenters. The van der Waals surface area contributed by atoms with Gasteiger partial charge in [0.25, 0.3) is 0 Å². The molecule has 1 saturated heterocycles. The second-order valence-corrected chi connectivity index (χ2v) is 6.68. The van der Waals surface area contributed by atoms with E-state index in [9.17, 15) is 4.79 Å². The molecule has 1 amide bonds. The minimum Gasteiger partial charge on any atom is -0.353 e. The molecule has 0 aromatic carbocycles. The third-order valence-electron chi connectivity index (χ3n) is 4.35. The van der Waals surface area contributed by atoms with Crippen LogP contribution in [0.1, 0.15) is 44.3 Å². The van der Waals surface area contributed by atoms with E-state index in [-0.39, 0.29) is 5.91 Å². The van der Waals surface area contributed by atoms with Crippen molar-refractivity contribution >= 4 is 22.6 Å². The lowest BCUT2D eigenvalue weighted by Gasteiger charge is -2.32. The van der Waals surface area contributed by atoms with Crippen molar-refractivity contribution in [2.75, 3.05) is 18.0 Å². The van der Waals surface area contributed by atoms with Crippen molar-refractivity contribution in [2.45, 2.75) is 51.5 Å². The van der Waals surface area contributed by atoms with Crippen LogP contribution in [0.4, 0.5) is 5.13 Å². The normalized spacial score (nSPS) is 20.8. The van der Waals surface area contributed by atoms with Gasteiger partial charge < -0.3 is 10.2 Å². The number of nitrogens with zero attached hydrogens (tertiary/aromatic N) is 3. The van der Waals surface area contributed by atoms with Gasteiger partial charge in [0.15, 0.2) is 0 Å². The van der Waals surface area contributed by atoms with E-state index in [1.165, 1.54) is 30.8 Å². The first-order valence-corrected chi connectivity index (χ1v) is 8.32. The van der Waals surface area contributed by atoms with Gasteiger partial charge in [0.05, 0.1) is 0 Å². The zero-order valence-corrected chi connectivity index (χ0v) is 12.8. The van der Waals surface area contributed by atoms with Gasteiger partial charge >= 0.3 is 0 Å². The van der Waals surface area contributed by atoms with Crippen molar-refractivity contribution in [2.24, 2.45) is 5.92 Å². The molecule has 3 rings (SSSR count). The molecule has 20 heavy (non-hydrogen) atoms. The van der Waals surface area contributed by atoms with Gasteiger partial charge in [0, 0.05) is 37.1 Å². The number of rotatable bonds is 4. The van der Waals surface area contributed by atoms with Crippen molar-refractivity contribution in [3.63, 3.8) is 0 Å². The molecule has 5 nitrogen and oxygen atoms in total. The SMILES string of the molecule is Cc1nsc(N2CCC(CC(=O)NC3CCC3)CC2)n1. The number of amides is 1. The van der Waals surface area contributed by atoms with Gasteiger partial charge in [-0.25, -0.2) is 4.98 Å². The molecule has 6 heteroatoms. The molecule has 1 N–H and O–H groups in total. The number of piperidine rings is 1. The highest BCUT2D eigenvalue weighted by Gasteiger charge is 2.25. The lowest BCUT2D eigenvalue weighted by molar-refractivity contribution is -0.123. The maximum absolute atomic E-state index is 11.9. The predicted molar refractivity (Wildman–Crippen MR) is 80.0 cm³/mol. The lowest BCUT2D eigenvalue weighted by Crippen LogP contribution is -2.41. The Hall–Kier alpha value is -1.17. The van der Waals surface area contributed by atoms with Gasteiger partial charge in [-0.1, -0.05) is 0 Å². The fourth-order valence-corrected chi connectivity index (χ4v) is 3.57. The van der Waals surface area contributed by atoms with Gasteiger partial charge in [-0.2, -0.15) is 4.37 Å². The summed E-state index contributed by atoms with van der Waals surface area (Å²) in [6.07, 6.45) is 6.46. The molecule has 0 radical (unpaired) electrons. The van der Waals surface area contributed by atoms with Crippen LogP contribution in [0.3, 0.4) is 0 Å². The predicted octanol–water partition coefficient (Wildman–Crippen LogP) is 2.12. The highest BCUT2D eigenvalue weighted by atomic mass is 32.1. The maximum Gasteiger partial charge on any atom is 0.220 e. The standard InChI is InChI=1S/C14H22N4OS/c1-10-15-14(20-17-10)18-7-5-11(6-8-18)9-13(19)16-12-3-2-4-12/h11-12H,2-9H2,1H3,(H,16,19). The summed E-state index contributed by atoms with van der Waals surface area (Å²) in [7, 11) is 0. The van der Waals surface area contributed by atoms with Crippen LogP contribution >= 0.6 is 11.5 Å². The van der Waals surface area contributed by atoms with Gasteiger partial charge in [-0.3, -0.25) is 4.79 Å². The van der Waals surface area contributed by atoms with Crippen LogP contribution in [-0.4, -0.2) is 34.4 Å². The molecule has 2 aliphatic rings. The summed E-state index contributed by atoms with van der Waals surface area (Å²) in [5.74, 6) is 1.63. The minimum atomic E-state index is 0.250. The number of carbonyl (C=O) groups is 1. The smallest absolute Gasteiger partial charge is 0.220 e. The third kappa shape index (κ3) is 3.29. The highest BCUT2D eigenvalue weighted by Crippen LogP contribution is 2.26. The number of carbonyl (C=O) groups excluding carboxylic acids is 1. The zero-order chi connectivity index (χ0) is 13.9. The number of aromatic nitrogens is 2. The molecule has 110 valence electrons. The van der Waals surface area contributed by atoms with E-state index in [1.807, 2.05) is 6.92 Å². The number of hydrogen-bond acceptors (Lipinski definition) is 5. The molecular weight excluding hydrogens is 272 g/mol. The summed E-state index contributed by atoms with van der Waals surface area (Å²) < 4.78 is 4.23. The van der Waals surface area contributed by atoms with Crippen molar-refractivity contribution < 1.29 is 4.79 Å². The molecule has 1 aromatic heterocycles. The fourth-order valence-electron chi connectivity index (χ4n) is 2.84. The zero-order valence-electron chi connectivity index (χ0n) is 12.0. The Morgan fingerprint density at radius 1 is 1.35 bits per heavy atom. The summed E-state index contributed by atoms with van der Waals surface area (Å²) >= 11 is 1.48. The van der Waals surface area contributed by atoms with Crippen LogP contribution in [0.2, 0.25) is 0 Å². The summed E-state index contributed by atoms with van der Waals surface area (Å²) in [4.78, 5) is 18.7. The van der Waals surface area contributed by atoms with Crippen molar-refractivity contribution in [1.82, 2.24) is 14.7 Å². The van der Waals surface area contributed by atoms with E-state index in [0.717, 1.165) is 36.9 Å². The van der Waals surface area contributed by atoms with E-state index in [2.05, 4.69) is 19.6 Å². The van der Waals surface area contributed by atoms with Crippen LogP contribution in [0.25, 0.3) is 0 Å². The Labute approximate surface area is 123 Å². The Morgan fingerprint density at radius 3 is 2.65 bits per heavy atom. The number of nitrogens with one attached hydrogen (secondary N) is 1. The highest BCUT2D eigenvalue weighted by molar-refractivity contribution is 7.09. The average Bonchev–Trinajstić information content (AvgIpc) is 2.82. The summed E-state index contributed by atoms with van der Waals surface area (Å²) in [6, 6.07) is 0.465. The van der Waals surface area contributed by atoms with E-state index in [1.54, 1.807) is 0 Å². The first kappa shape index (κ1) is 13.8. The molecule has 1 aliphatic carbocycles. The summed E-state index contributed by atoms with van der Waals surface area (Å²) in [5, 5.41) is 4.16. The van der Waals surface area contributed by atoms with Crippen LogP contribution in [0, 0.1) is 12.8 Å². The second kappa shape index (κ2) is 6.08. The van der Waals surface area contributed by atoms with Crippen molar-refractivity contribution in [1.29, 1.82) is 0 Å². The molecule has 1 aromatic rings. The van der Waals surface area contributed by atoms with E-state index >= 15 is 0 Å². The molecule has 2 heterocycles. The van der Waals surface area contributed by atoms with Crippen LogP contribution < -0.4 is 10.2 Å². The second-order valence-electron chi connectivity index (χ2n) is 5.95. The first-order valence-electron chi connectivity index (χ1n) is 7.55. The Morgan fingerprint density at radius 2 is 2.10 bits per heavy atom. The van der Waals surface area contributed by atoms with Gasteiger partial charge in [-0.05, 0) is 44.9 Å². The molecule has 0 bridgehead atoms. The third-order valence-corrected chi connectivity index (χ3v) is 5.21. The molecule has 0 spiro atoms. The Kier molecular flexibility index (Phi) is 4.19.